The van der Waals surface area contributed by atoms with Gasteiger partial charge in [-0.1, -0.05) is 205 Å². The van der Waals surface area contributed by atoms with Crippen molar-refractivity contribution in [2.24, 2.45) is 0 Å². The van der Waals surface area contributed by atoms with Crippen LogP contribution in [0.25, 0.3) is 21.5 Å². The molecule has 4 rings (SSSR count). The van der Waals surface area contributed by atoms with Crippen LogP contribution in [-0.2, 0) is 45.9 Å². The van der Waals surface area contributed by atoms with Crippen molar-refractivity contribution in [2.75, 3.05) is 0 Å². The molecule has 0 amide bonds. The van der Waals surface area contributed by atoms with E-state index in [1.807, 2.05) is 24.3 Å². The van der Waals surface area contributed by atoms with E-state index in [-0.39, 0.29) is 47.5 Å². The van der Waals surface area contributed by atoms with Gasteiger partial charge in [0.05, 0.1) is 9.79 Å². The van der Waals surface area contributed by atoms with Gasteiger partial charge in [-0.15, -0.1) is 0 Å². The minimum Gasteiger partial charge on any atom is -0.744 e. The molecule has 0 unspecified atom stereocenters. The van der Waals surface area contributed by atoms with Crippen molar-refractivity contribution >= 4 is 79.5 Å². The van der Waals surface area contributed by atoms with Gasteiger partial charge in [-0.05, 0) is 107 Å². The number of rotatable bonds is 30. The third-order valence-corrected chi connectivity index (χ3v) is 13.6. The molecule has 0 heterocycles. The van der Waals surface area contributed by atoms with Gasteiger partial charge < -0.3 is 9.11 Å². The van der Waals surface area contributed by atoms with E-state index >= 15 is 0 Å². The molecule has 0 atom stereocenters. The van der Waals surface area contributed by atoms with Crippen molar-refractivity contribution in [3.63, 3.8) is 0 Å². The number of unbranched alkanes of at least 4 members (excludes halogenated alkanes) is 20. The van der Waals surface area contributed by atoms with Crippen LogP contribution < -0.4 is 0 Å². The zero-order chi connectivity index (χ0) is 43.6. The second-order valence-corrected chi connectivity index (χ2v) is 20.0. The van der Waals surface area contributed by atoms with E-state index in [9.17, 15) is 25.9 Å². The minimum atomic E-state index is -4.49. The van der Waals surface area contributed by atoms with Gasteiger partial charge in [0.15, 0.2) is 0 Å². The molecule has 0 spiro atoms. The van der Waals surface area contributed by atoms with Crippen molar-refractivity contribution in [1.82, 2.24) is 0 Å². The number of benzene rings is 4. The van der Waals surface area contributed by atoms with Crippen molar-refractivity contribution in [3.8, 4) is 0 Å². The average Bonchev–Trinajstić information content (AvgIpc) is 3.21. The van der Waals surface area contributed by atoms with Crippen LogP contribution in [0, 0.1) is 0 Å². The van der Waals surface area contributed by atoms with Gasteiger partial charge in [-0.25, -0.2) is 16.8 Å². The standard InChI is InChI=1S/2C26H40O3S.Ca/c2*1-3-5-7-9-11-13-15-22-17-18-25-24(19-22)20-23(21-26(25)30(27,28)29)16-14-12-10-8-6-4-2;/h2*17-21H,3-16H2,1-2H3,(H,27,28,29);/q;;+2/p-2. The van der Waals surface area contributed by atoms with Gasteiger partial charge in [0, 0.05) is 0 Å². The van der Waals surface area contributed by atoms with E-state index in [2.05, 4.69) is 52.0 Å². The van der Waals surface area contributed by atoms with Gasteiger partial charge in [-0.2, -0.15) is 0 Å². The molecule has 4 aromatic carbocycles. The van der Waals surface area contributed by atoms with Crippen LogP contribution in [0.15, 0.2) is 70.5 Å². The first kappa shape index (κ1) is 55.6. The topological polar surface area (TPSA) is 114 Å². The van der Waals surface area contributed by atoms with Crippen LogP contribution in [0.5, 0.6) is 0 Å². The Morgan fingerprint density at radius 2 is 0.590 bits per heavy atom. The minimum absolute atomic E-state index is 0. The Hall–Kier alpha value is -1.52. The maximum absolute atomic E-state index is 11.9. The summed E-state index contributed by atoms with van der Waals surface area (Å²) in [6.45, 7) is 8.87. The quantitative estimate of drug-likeness (QED) is 0.0292. The molecule has 4 aromatic rings. The first-order valence-electron chi connectivity index (χ1n) is 23.9. The number of fused-ring (bicyclic) bond motifs is 2. The smallest absolute Gasteiger partial charge is 0.744 e. The maximum atomic E-state index is 11.9. The molecule has 0 bridgehead atoms. The summed E-state index contributed by atoms with van der Waals surface area (Å²) in [5.41, 5.74) is 4.38. The first-order chi connectivity index (χ1) is 28.9. The monoisotopic (exact) mass is 902 g/mol. The Balaban J connectivity index is 0.000000413. The third-order valence-electron chi connectivity index (χ3n) is 11.9. The van der Waals surface area contributed by atoms with Crippen molar-refractivity contribution in [3.05, 3.63) is 82.9 Å². The molecule has 0 saturated carbocycles. The van der Waals surface area contributed by atoms with Crippen LogP contribution in [0.2, 0.25) is 0 Å². The van der Waals surface area contributed by atoms with Crippen LogP contribution >= 0.6 is 0 Å². The normalized spacial score (nSPS) is 11.8. The summed E-state index contributed by atoms with van der Waals surface area (Å²) in [5.74, 6) is 0. The fraction of sp³-hybridized carbons (Fsp3) is 0.615. The Morgan fingerprint density at radius 3 is 0.869 bits per heavy atom. The van der Waals surface area contributed by atoms with E-state index in [0.717, 1.165) is 86.1 Å². The van der Waals surface area contributed by atoms with E-state index < -0.39 is 20.2 Å². The largest absolute Gasteiger partial charge is 2.00 e. The summed E-state index contributed by atoms with van der Waals surface area (Å²) in [5, 5.41) is 2.89. The summed E-state index contributed by atoms with van der Waals surface area (Å²) >= 11 is 0. The van der Waals surface area contributed by atoms with Gasteiger partial charge >= 0.3 is 37.7 Å². The molecule has 0 N–H and O–H groups in total. The Bertz CT molecular complexity index is 1890. The molecule has 61 heavy (non-hydrogen) atoms. The van der Waals surface area contributed by atoms with E-state index in [1.165, 1.54) is 127 Å². The molecule has 0 radical (unpaired) electrons. The molecule has 0 aliphatic rings. The molecule has 9 heteroatoms. The van der Waals surface area contributed by atoms with Crippen LogP contribution in [0.1, 0.15) is 204 Å². The van der Waals surface area contributed by atoms with E-state index in [1.54, 1.807) is 12.1 Å². The SMILES string of the molecule is CCCCCCCCc1ccc2c(S(=O)(=O)[O-])cc(CCCCCCCC)cc2c1.CCCCCCCCc1ccc2c(S(=O)(=O)[O-])cc(CCCCCCCC)cc2c1.[Ca+2]. The average molecular weight is 903 g/mol. The fourth-order valence-electron chi connectivity index (χ4n) is 8.34. The summed E-state index contributed by atoms with van der Waals surface area (Å²) in [7, 11) is -8.97. The fourth-order valence-corrected chi connectivity index (χ4v) is 9.84. The summed E-state index contributed by atoms with van der Waals surface area (Å²) in [4.78, 5) is -0.126. The molecule has 0 aromatic heterocycles. The zero-order valence-corrected chi connectivity index (χ0v) is 42.4. The molecule has 6 nitrogen and oxygen atoms in total. The van der Waals surface area contributed by atoms with Crippen molar-refractivity contribution in [1.29, 1.82) is 0 Å². The van der Waals surface area contributed by atoms with Gasteiger partial charge in [-0.3, -0.25) is 0 Å². The third kappa shape index (κ3) is 21.8. The maximum Gasteiger partial charge on any atom is 2.00 e. The van der Waals surface area contributed by atoms with Gasteiger partial charge in [0.1, 0.15) is 20.2 Å². The number of aryl methyl sites for hydroxylation is 4. The van der Waals surface area contributed by atoms with Crippen molar-refractivity contribution in [2.45, 2.75) is 217 Å². The van der Waals surface area contributed by atoms with Crippen LogP contribution in [0.4, 0.5) is 0 Å². The van der Waals surface area contributed by atoms with Crippen molar-refractivity contribution < 1.29 is 25.9 Å². The molecule has 0 saturated heterocycles. The predicted molar refractivity (Wildman–Crippen MR) is 258 cm³/mol. The van der Waals surface area contributed by atoms with Gasteiger partial charge in [0.25, 0.3) is 0 Å². The number of hydrogen-bond acceptors (Lipinski definition) is 6. The summed E-state index contributed by atoms with van der Waals surface area (Å²) in [6, 6.07) is 19.1. The Morgan fingerprint density at radius 1 is 0.344 bits per heavy atom. The molecular formula is C52H78CaO6S2. The first-order valence-corrected chi connectivity index (χ1v) is 26.8. The van der Waals surface area contributed by atoms with Crippen LogP contribution in [0.3, 0.4) is 0 Å². The molecule has 0 aliphatic heterocycles. The zero-order valence-electron chi connectivity index (χ0n) is 38.5. The Labute approximate surface area is 402 Å². The van der Waals surface area contributed by atoms with Crippen LogP contribution in [-0.4, -0.2) is 63.7 Å². The number of hydrogen-bond donors (Lipinski definition) is 0. The second kappa shape index (κ2) is 31.4. The van der Waals surface area contributed by atoms with E-state index in [4.69, 9.17) is 0 Å². The molecular weight excluding hydrogens is 825 g/mol. The summed E-state index contributed by atoms with van der Waals surface area (Å²) < 4.78 is 71.2. The second-order valence-electron chi connectivity index (χ2n) is 17.3. The van der Waals surface area contributed by atoms with Gasteiger partial charge in [0.2, 0.25) is 0 Å². The molecule has 0 fully saturated rings. The Kier molecular flexibility index (Phi) is 28.6. The predicted octanol–water partition coefficient (Wildman–Crippen LogP) is 14.7. The molecule has 0 aliphatic carbocycles. The molecule has 336 valence electrons. The van der Waals surface area contributed by atoms with E-state index in [0.29, 0.717) is 10.8 Å². The summed E-state index contributed by atoms with van der Waals surface area (Å²) in [6.07, 6.45) is 33.1.